The summed E-state index contributed by atoms with van der Waals surface area (Å²) in [6, 6.07) is 2.97. The number of carbonyl (C=O) groups is 1. The second-order valence-electron chi connectivity index (χ2n) is 5.54. The summed E-state index contributed by atoms with van der Waals surface area (Å²) in [5.41, 5.74) is 5.10. The second-order valence-corrected chi connectivity index (χ2v) is 5.54. The van der Waals surface area contributed by atoms with Crippen molar-refractivity contribution in [3.05, 3.63) is 23.7 Å². The Morgan fingerprint density at radius 1 is 1.48 bits per heavy atom. The number of nitrogens with zero attached hydrogens (tertiary/aromatic N) is 2. The molecule has 0 aliphatic carbocycles. The highest BCUT2D eigenvalue weighted by atomic mass is 127. The molecule has 11 heteroatoms. The fraction of sp³-hybridized carbons (Fsp3) is 0.571. The van der Waals surface area contributed by atoms with Crippen molar-refractivity contribution in [3.63, 3.8) is 0 Å². The first-order valence-electron chi connectivity index (χ1n) is 7.41. The third-order valence-electron chi connectivity index (χ3n) is 3.57. The maximum atomic E-state index is 12.4. The van der Waals surface area contributed by atoms with E-state index < -0.39 is 18.6 Å². The van der Waals surface area contributed by atoms with Crippen molar-refractivity contribution in [3.8, 4) is 0 Å². The quantitative estimate of drug-likeness (QED) is 0.339. The topological polar surface area (TPSA) is 95.9 Å². The number of carbonyl (C=O) groups excluding carboxylic acids is 1. The molecule has 0 spiro atoms. The fourth-order valence-electron chi connectivity index (χ4n) is 2.51. The summed E-state index contributed by atoms with van der Waals surface area (Å²) in [6.45, 7) is 0.0482. The lowest BCUT2D eigenvalue weighted by Gasteiger charge is -2.19. The van der Waals surface area contributed by atoms with Crippen LogP contribution >= 0.6 is 24.0 Å². The average Bonchev–Trinajstić information content (AvgIpc) is 3.11. The van der Waals surface area contributed by atoms with Crippen LogP contribution in [0.15, 0.2) is 21.5 Å². The molecule has 7 nitrogen and oxygen atoms in total. The molecule has 1 aliphatic rings. The molecule has 1 saturated heterocycles. The standard InChI is InChI=1S/C14H20F3N5O2.HI/c1-19-13(20-6-10-2-3-11(24-10)12(18)23)21-9-4-5-22(7-9)8-14(15,16)17;/h2-3,9H,4-8H2,1H3,(H2,18,23)(H2,19,20,21);1H. The first kappa shape index (κ1) is 21.5. The summed E-state index contributed by atoms with van der Waals surface area (Å²) in [4.78, 5) is 16.3. The fourth-order valence-corrected chi connectivity index (χ4v) is 2.51. The molecule has 0 aromatic carbocycles. The van der Waals surface area contributed by atoms with E-state index in [1.54, 1.807) is 13.1 Å². The van der Waals surface area contributed by atoms with Crippen molar-refractivity contribution in [1.29, 1.82) is 0 Å². The van der Waals surface area contributed by atoms with Crippen molar-refractivity contribution in [2.24, 2.45) is 10.7 Å². The van der Waals surface area contributed by atoms with E-state index in [0.29, 0.717) is 31.2 Å². The smallest absolute Gasteiger partial charge is 0.401 e. The van der Waals surface area contributed by atoms with Crippen LogP contribution in [0.1, 0.15) is 22.7 Å². The Balaban J connectivity index is 0.00000312. The van der Waals surface area contributed by atoms with E-state index in [-0.39, 0.29) is 42.3 Å². The number of hydrogen-bond acceptors (Lipinski definition) is 4. The molecule has 4 N–H and O–H groups in total. The minimum atomic E-state index is -4.19. The summed E-state index contributed by atoms with van der Waals surface area (Å²) in [6.07, 6.45) is -3.59. The number of guanidine groups is 1. The highest BCUT2D eigenvalue weighted by molar-refractivity contribution is 14.0. The van der Waals surface area contributed by atoms with Crippen LogP contribution in [0, 0.1) is 0 Å². The van der Waals surface area contributed by atoms with Gasteiger partial charge in [0.15, 0.2) is 11.7 Å². The zero-order valence-corrected chi connectivity index (χ0v) is 15.9. The van der Waals surface area contributed by atoms with Crippen LogP contribution in [0.4, 0.5) is 13.2 Å². The van der Waals surface area contributed by atoms with Crippen LogP contribution in [0.3, 0.4) is 0 Å². The molecule has 1 aromatic heterocycles. The molecule has 0 bridgehead atoms. The molecule has 0 saturated carbocycles. The normalized spacial score (nSPS) is 18.7. The molecule has 1 unspecified atom stereocenters. The molecule has 1 aliphatic heterocycles. The predicted molar refractivity (Wildman–Crippen MR) is 96.9 cm³/mol. The van der Waals surface area contributed by atoms with Crippen molar-refractivity contribution < 1.29 is 22.4 Å². The highest BCUT2D eigenvalue weighted by Crippen LogP contribution is 2.19. The van der Waals surface area contributed by atoms with Crippen molar-refractivity contribution in [2.75, 3.05) is 26.7 Å². The number of primary amides is 1. The van der Waals surface area contributed by atoms with Gasteiger partial charge in [-0.1, -0.05) is 0 Å². The number of amides is 1. The molecule has 142 valence electrons. The lowest BCUT2D eigenvalue weighted by molar-refractivity contribution is -0.143. The molecule has 2 rings (SSSR count). The van der Waals surface area contributed by atoms with Gasteiger partial charge in [-0.3, -0.25) is 14.7 Å². The van der Waals surface area contributed by atoms with Gasteiger partial charge >= 0.3 is 6.18 Å². The van der Waals surface area contributed by atoms with Gasteiger partial charge in [0.2, 0.25) is 0 Å². The number of rotatable bonds is 5. The monoisotopic (exact) mass is 475 g/mol. The molecular formula is C14H21F3IN5O2. The molecule has 1 amide bonds. The van der Waals surface area contributed by atoms with Crippen LogP contribution in [-0.4, -0.2) is 55.7 Å². The van der Waals surface area contributed by atoms with Crippen molar-refractivity contribution in [1.82, 2.24) is 15.5 Å². The van der Waals surface area contributed by atoms with Gasteiger partial charge in [0.1, 0.15) is 5.76 Å². The highest BCUT2D eigenvalue weighted by Gasteiger charge is 2.34. The van der Waals surface area contributed by atoms with Crippen molar-refractivity contribution in [2.45, 2.75) is 25.2 Å². The number of aliphatic imine (C=N–C) groups is 1. The minimum absolute atomic E-state index is 0. The van der Waals surface area contributed by atoms with E-state index in [1.807, 2.05) is 0 Å². The molecular weight excluding hydrogens is 454 g/mol. The second kappa shape index (κ2) is 9.27. The average molecular weight is 475 g/mol. The minimum Gasteiger partial charge on any atom is -0.454 e. The number of halogens is 4. The Labute approximate surface area is 160 Å². The van der Waals surface area contributed by atoms with Crippen molar-refractivity contribution >= 4 is 35.8 Å². The number of hydrogen-bond donors (Lipinski definition) is 3. The predicted octanol–water partition coefficient (Wildman–Crippen LogP) is 1.30. The molecule has 0 radical (unpaired) electrons. The molecule has 1 aromatic rings. The summed E-state index contributed by atoms with van der Waals surface area (Å²) in [7, 11) is 1.56. The molecule has 2 heterocycles. The zero-order valence-electron chi connectivity index (χ0n) is 13.6. The maximum absolute atomic E-state index is 12.4. The van der Waals surface area contributed by atoms with E-state index in [0.717, 1.165) is 0 Å². The van der Waals surface area contributed by atoms with E-state index in [2.05, 4.69) is 15.6 Å². The molecule has 1 atom stereocenters. The number of nitrogens with two attached hydrogens (primary N) is 1. The van der Waals surface area contributed by atoms with E-state index in [4.69, 9.17) is 10.2 Å². The molecule has 25 heavy (non-hydrogen) atoms. The number of likely N-dealkylation sites (tertiary alicyclic amines) is 1. The van der Waals surface area contributed by atoms with Crippen LogP contribution in [0.25, 0.3) is 0 Å². The van der Waals surface area contributed by atoms with Gasteiger partial charge in [0.25, 0.3) is 5.91 Å². The Morgan fingerprint density at radius 3 is 2.76 bits per heavy atom. The van der Waals surface area contributed by atoms with E-state index in [9.17, 15) is 18.0 Å². The van der Waals surface area contributed by atoms with Gasteiger partial charge in [-0.2, -0.15) is 13.2 Å². The van der Waals surface area contributed by atoms with Gasteiger partial charge in [0, 0.05) is 26.2 Å². The summed E-state index contributed by atoms with van der Waals surface area (Å²) in [5, 5.41) is 6.06. The lowest BCUT2D eigenvalue weighted by Crippen LogP contribution is -2.44. The molecule has 1 fully saturated rings. The SMILES string of the molecule is CN=C(NCc1ccc(C(N)=O)o1)NC1CCN(CC(F)(F)F)C1.I. The van der Waals surface area contributed by atoms with Gasteiger partial charge in [0.05, 0.1) is 13.1 Å². The van der Waals surface area contributed by atoms with Gasteiger partial charge in [-0.15, -0.1) is 24.0 Å². The first-order valence-corrected chi connectivity index (χ1v) is 7.41. The Bertz CT molecular complexity index is 606. The number of alkyl halides is 3. The Hall–Kier alpha value is -1.50. The van der Waals surface area contributed by atoms with Crippen LogP contribution in [-0.2, 0) is 6.54 Å². The number of furan rings is 1. The first-order chi connectivity index (χ1) is 11.3. The largest absolute Gasteiger partial charge is 0.454 e. The van der Waals surface area contributed by atoms with Crippen LogP contribution in [0.5, 0.6) is 0 Å². The lowest BCUT2D eigenvalue weighted by atomic mass is 10.3. The van der Waals surface area contributed by atoms with E-state index in [1.165, 1.54) is 11.0 Å². The van der Waals surface area contributed by atoms with E-state index >= 15 is 0 Å². The summed E-state index contributed by atoms with van der Waals surface area (Å²) >= 11 is 0. The Morgan fingerprint density at radius 2 is 2.20 bits per heavy atom. The maximum Gasteiger partial charge on any atom is 0.401 e. The summed E-state index contributed by atoms with van der Waals surface area (Å²) in [5.74, 6) is 0.357. The third kappa shape index (κ3) is 7.10. The van der Waals surface area contributed by atoms with Crippen LogP contribution in [0.2, 0.25) is 0 Å². The van der Waals surface area contributed by atoms with Gasteiger partial charge in [-0.05, 0) is 18.6 Å². The third-order valence-corrected chi connectivity index (χ3v) is 3.57. The summed E-state index contributed by atoms with van der Waals surface area (Å²) < 4.78 is 42.4. The van der Waals surface area contributed by atoms with Gasteiger partial charge < -0.3 is 20.8 Å². The zero-order chi connectivity index (χ0) is 17.7. The number of nitrogens with one attached hydrogen (secondary N) is 2. The van der Waals surface area contributed by atoms with Gasteiger partial charge in [-0.25, -0.2) is 0 Å². The van der Waals surface area contributed by atoms with Crippen LogP contribution < -0.4 is 16.4 Å². The Kier molecular flexibility index (Phi) is 7.99.